The third kappa shape index (κ3) is 6.36. The number of hydrogen-bond donors (Lipinski definition) is 3. The molecule has 0 saturated carbocycles. The molecule has 0 spiro atoms. The summed E-state index contributed by atoms with van der Waals surface area (Å²) in [4.78, 5) is 32.3. The Morgan fingerprint density at radius 3 is 1.88 bits per heavy atom. The standard InChI is InChI=1S/C10H14N2O4/c1-3-8(13)11-7(5-6-10(15)16)12-9(14)4-2/h3-4,7H,1-2,5-6H2,(H,11,13)(H,12,14)(H,15,16). The molecular weight excluding hydrogens is 212 g/mol. The Morgan fingerprint density at radius 2 is 1.56 bits per heavy atom. The first-order valence-electron chi connectivity index (χ1n) is 4.57. The molecule has 16 heavy (non-hydrogen) atoms. The molecule has 0 saturated heterocycles. The SMILES string of the molecule is C=CC(=O)NC(CCC(=O)O)NC(=O)C=C. The second-order valence-electron chi connectivity index (χ2n) is 2.91. The lowest BCUT2D eigenvalue weighted by atomic mass is 10.2. The summed E-state index contributed by atoms with van der Waals surface area (Å²) in [7, 11) is 0. The minimum Gasteiger partial charge on any atom is -0.481 e. The summed E-state index contributed by atoms with van der Waals surface area (Å²) >= 11 is 0. The highest BCUT2D eigenvalue weighted by Gasteiger charge is 2.13. The molecule has 6 nitrogen and oxygen atoms in total. The number of nitrogens with one attached hydrogen (secondary N) is 2. The molecule has 0 aliphatic rings. The van der Waals surface area contributed by atoms with Gasteiger partial charge in [0, 0.05) is 6.42 Å². The maximum Gasteiger partial charge on any atom is 0.303 e. The Morgan fingerprint density at radius 1 is 1.12 bits per heavy atom. The topological polar surface area (TPSA) is 95.5 Å². The zero-order chi connectivity index (χ0) is 12.6. The Kier molecular flexibility index (Phi) is 6.27. The first kappa shape index (κ1) is 13.9. The van der Waals surface area contributed by atoms with Gasteiger partial charge < -0.3 is 15.7 Å². The Labute approximate surface area is 93.0 Å². The van der Waals surface area contributed by atoms with E-state index in [1.165, 1.54) is 0 Å². The van der Waals surface area contributed by atoms with Crippen molar-refractivity contribution < 1.29 is 19.5 Å². The smallest absolute Gasteiger partial charge is 0.303 e. The van der Waals surface area contributed by atoms with Crippen molar-refractivity contribution in [1.82, 2.24) is 10.6 Å². The molecule has 0 radical (unpaired) electrons. The molecule has 0 aromatic heterocycles. The number of rotatable bonds is 7. The van der Waals surface area contributed by atoms with Crippen LogP contribution >= 0.6 is 0 Å². The fraction of sp³-hybridized carbons (Fsp3) is 0.300. The first-order valence-corrected chi connectivity index (χ1v) is 4.57. The number of carboxylic acid groups (broad SMARTS) is 1. The summed E-state index contributed by atoms with van der Waals surface area (Å²) < 4.78 is 0. The normalized spacial score (nSPS) is 9.31. The third-order valence-electron chi connectivity index (χ3n) is 1.65. The van der Waals surface area contributed by atoms with Crippen molar-refractivity contribution in [3.05, 3.63) is 25.3 Å². The van der Waals surface area contributed by atoms with E-state index in [0.717, 1.165) is 12.2 Å². The van der Waals surface area contributed by atoms with E-state index in [1.54, 1.807) is 0 Å². The lowest BCUT2D eigenvalue weighted by Gasteiger charge is -2.17. The molecule has 2 amide bonds. The van der Waals surface area contributed by atoms with Crippen LogP contribution in [-0.4, -0.2) is 29.1 Å². The molecule has 0 rings (SSSR count). The predicted octanol–water partition coefficient (Wildman–Crippen LogP) is -0.218. The lowest BCUT2D eigenvalue weighted by molar-refractivity contribution is -0.137. The van der Waals surface area contributed by atoms with Crippen molar-refractivity contribution in [3.63, 3.8) is 0 Å². The van der Waals surface area contributed by atoms with E-state index < -0.39 is 23.9 Å². The van der Waals surface area contributed by atoms with Gasteiger partial charge in [0.25, 0.3) is 0 Å². The average molecular weight is 226 g/mol. The molecule has 88 valence electrons. The number of carboxylic acids is 1. The predicted molar refractivity (Wildman–Crippen MR) is 57.3 cm³/mol. The van der Waals surface area contributed by atoms with E-state index in [1.807, 2.05) is 0 Å². The van der Waals surface area contributed by atoms with E-state index in [0.29, 0.717) is 0 Å². The van der Waals surface area contributed by atoms with Gasteiger partial charge in [0.1, 0.15) is 6.17 Å². The Balaban J connectivity index is 4.30. The van der Waals surface area contributed by atoms with Crippen LogP contribution in [0.3, 0.4) is 0 Å². The van der Waals surface area contributed by atoms with Crippen molar-refractivity contribution >= 4 is 17.8 Å². The summed E-state index contributed by atoms with van der Waals surface area (Å²) in [6.45, 7) is 6.49. The quantitative estimate of drug-likeness (QED) is 0.413. The zero-order valence-corrected chi connectivity index (χ0v) is 8.73. The molecule has 0 fully saturated rings. The van der Waals surface area contributed by atoms with Gasteiger partial charge in [0.2, 0.25) is 11.8 Å². The maximum absolute atomic E-state index is 11.0. The van der Waals surface area contributed by atoms with Crippen LogP contribution in [0.4, 0.5) is 0 Å². The molecule has 0 heterocycles. The summed E-state index contributed by atoms with van der Waals surface area (Å²) in [5.74, 6) is -1.98. The van der Waals surface area contributed by atoms with E-state index >= 15 is 0 Å². The highest BCUT2D eigenvalue weighted by Crippen LogP contribution is 1.95. The summed E-state index contributed by atoms with van der Waals surface area (Å²) in [5, 5.41) is 13.3. The minimum absolute atomic E-state index is 0.0918. The molecule has 0 aliphatic heterocycles. The van der Waals surface area contributed by atoms with Crippen LogP contribution in [0.25, 0.3) is 0 Å². The van der Waals surface area contributed by atoms with Gasteiger partial charge in [-0.25, -0.2) is 0 Å². The molecule has 0 aromatic rings. The maximum atomic E-state index is 11.0. The Hall–Kier alpha value is -2.11. The van der Waals surface area contributed by atoms with Crippen LogP contribution < -0.4 is 10.6 Å². The third-order valence-corrected chi connectivity index (χ3v) is 1.65. The van der Waals surface area contributed by atoms with Crippen molar-refractivity contribution in [2.45, 2.75) is 19.0 Å². The molecule has 0 unspecified atom stereocenters. The van der Waals surface area contributed by atoms with Gasteiger partial charge in [0.05, 0.1) is 0 Å². The summed E-state index contributed by atoms with van der Waals surface area (Å²) in [6.07, 6.45) is 1.25. The average Bonchev–Trinajstić information content (AvgIpc) is 2.25. The molecule has 6 heteroatoms. The largest absolute Gasteiger partial charge is 0.481 e. The van der Waals surface area contributed by atoms with E-state index in [9.17, 15) is 14.4 Å². The first-order chi connectivity index (χ1) is 7.49. The van der Waals surface area contributed by atoms with Gasteiger partial charge in [-0.15, -0.1) is 0 Å². The van der Waals surface area contributed by atoms with Crippen molar-refractivity contribution in [2.24, 2.45) is 0 Å². The zero-order valence-electron chi connectivity index (χ0n) is 8.73. The van der Waals surface area contributed by atoms with Crippen molar-refractivity contribution in [1.29, 1.82) is 0 Å². The molecule has 0 bridgehead atoms. The van der Waals surface area contributed by atoms with Gasteiger partial charge in [-0.05, 0) is 18.6 Å². The number of aliphatic carboxylic acids is 1. The number of carbonyl (C=O) groups is 3. The van der Waals surface area contributed by atoms with Crippen LogP contribution in [0.5, 0.6) is 0 Å². The second-order valence-corrected chi connectivity index (χ2v) is 2.91. The van der Waals surface area contributed by atoms with Gasteiger partial charge >= 0.3 is 5.97 Å². The molecule has 0 aromatic carbocycles. The highest BCUT2D eigenvalue weighted by atomic mass is 16.4. The number of carbonyl (C=O) groups excluding carboxylic acids is 2. The van der Waals surface area contributed by atoms with E-state index in [2.05, 4.69) is 23.8 Å². The van der Waals surface area contributed by atoms with Crippen molar-refractivity contribution in [2.75, 3.05) is 0 Å². The highest BCUT2D eigenvalue weighted by molar-refractivity contribution is 5.89. The number of hydrogen-bond acceptors (Lipinski definition) is 3. The summed E-state index contributed by atoms with van der Waals surface area (Å²) in [5.41, 5.74) is 0. The van der Waals surface area contributed by atoms with Crippen LogP contribution in [0.15, 0.2) is 25.3 Å². The summed E-state index contributed by atoms with van der Waals surface area (Å²) in [6, 6.07) is 0. The van der Waals surface area contributed by atoms with Crippen LogP contribution in [0.2, 0.25) is 0 Å². The molecular formula is C10H14N2O4. The van der Waals surface area contributed by atoms with Gasteiger partial charge in [-0.1, -0.05) is 13.2 Å². The molecule has 3 N–H and O–H groups in total. The lowest BCUT2D eigenvalue weighted by Crippen LogP contribution is -2.47. The minimum atomic E-state index is -1.01. The fourth-order valence-corrected chi connectivity index (χ4v) is 0.910. The van der Waals surface area contributed by atoms with E-state index in [-0.39, 0.29) is 12.8 Å². The van der Waals surface area contributed by atoms with Crippen LogP contribution in [0.1, 0.15) is 12.8 Å². The van der Waals surface area contributed by atoms with E-state index in [4.69, 9.17) is 5.11 Å². The number of amides is 2. The second kappa shape index (κ2) is 7.22. The fourth-order valence-electron chi connectivity index (χ4n) is 0.910. The van der Waals surface area contributed by atoms with Gasteiger partial charge in [-0.2, -0.15) is 0 Å². The van der Waals surface area contributed by atoms with Crippen LogP contribution in [0, 0.1) is 0 Å². The molecule has 0 atom stereocenters. The van der Waals surface area contributed by atoms with Gasteiger partial charge in [-0.3, -0.25) is 14.4 Å². The Bertz CT molecular complexity index is 290. The monoisotopic (exact) mass is 226 g/mol. The van der Waals surface area contributed by atoms with Crippen molar-refractivity contribution in [3.8, 4) is 0 Å². The molecule has 0 aliphatic carbocycles. The van der Waals surface area contributed by atoms with Crippen LogP contribution in [-0.2, 0) is 14.4 Å². The van der Waals surface area contributed by atoms with Gasteiger partial charge in [0.15, 0.2) is 0 Å².